The van der Waals surface area contributed by atoms with E-state index >= 15 is 0 Å². The number of hydrogen-bond acceptors (Lipinski definition) is 6. The zero-order valence-electron chi connectivity index (χ0n) is 8.07. The summed E-state index contributed by atoms with van der Waals surface area (Å²) in [4.78, 5) is 26.8. The summed E-state index contributed by atoms with van der Waals surface area (Å²) in [5.74, 6) is -1.88. The minimum Gasteiger partial charge on any atom is -0.431 e. The number of hydroxylamine groups is 2. The summed E-state index contributed by atoms with van der Waals surface area (Å²) in [6, 6.07) is 0.202. The molecule has 0 aliphatic carbocycles. The summed E-state index contributed by atoms with van der Waals surface area (Å²) in [7, 11) is 0. The lowest BCUT2D eigenvalue weighted by atomic mass is 10.1. The van der Waals surface area contributed by atoms with Crippen LogP contribution < -0.4 is 5.32 Å². The fraction of sp³-hybridized carbons (Fsp3) is 0.750. The summed E-state index contributed by atoms with van der Waals surface area (Å²) in [6.45, 7) is 4.63. The molecule has 14 heavy (non-hydrogen) atoms. The van der Waals surface area contributed by atoms with Gasteiger partial charge < -0.3 is 14.9 Å². The zero-order chi connectivity index (χ0) is 10.3. The Bertz CT molecular complexity index is 293. The molecule has 2 rings (SSSR count). The van der Waals surface area contributed by atoms with Gasteiger partial charge in [-0.05, 0) is 13.8 Å². The van der Waals surface area contributed by atoms with E-state index in [0.717, 1.165) is 0 Å². The van der Waals surface area contributed by atoms with Crippen molar-refractivity contribution in [2.75, 3.05) is 13.1 Å². The van der Waals surface area contributed by atoms with Crippen LogP contribution in [0, 0.1) is 0 Å². The molecule has 0 radical (unpaired) electrons. The number of nitrogens with zero attached hydrogens (tertiary/aromatic N) is 1. The SMILES string of the molecule is CC1CN2OC(=O)C(=O)OC2(C)CN1. The van der Waals surface area contributed by atoms with E-state index in [0.29, 0.717) is 13.1 Å². The van der Waals surface area contributed by atoms with Crippen molar-refractivity contribution in [2.45, 2.75) is 25.6 Å². The Kier molecular flexibility index (Phi) is 1.97. The van der Waals surface area contributed by atoms with Crippen molar-refractivity contribution < 1.29 is 19.2 Å². The van der Waals surface area contributed by atoms with E-state index in [9.17, 15) is 9.59 Å². The van der Waals surface area contributed by atoms with E-state index in [-0.39, 0.29) is 6.04 Å². The summed E-state index contributed by atoms with van der Waals surface area (Å²) >= 11 is 0. The summed E-state index contributed by atoms with van der Waals surface area (Å²) in [6.07, 6.45) is 0. The van der Waals surface area contributed by atoms with Gasteiger partial charge in [0.1, 0.15) is 0 Å². The van der Waals surface area contributed by atoms with Gasteiger partial charge in [-0.25, -0.2) is 9.59 Å². The number of piperazine rings is 1. The maximum Gasteiger partial charge on any atom is 0.436 e. The summed E-state index contributed by atoms with van der Waals surface area (Å²) in [5, 5.41) is 4.56. The minimum atomic E-state index is -0.948. The molecule has 0 aromatic rings. The summed E-state index contributed by atoms with van der Waals surface area (Å²) in [5.41, 5.74) is -0.864. The van der Waals surface area contributed by atoms with Gasteiger partial charge in [-0.1, -0.05) is 5.06 Å². The molecule has 0 amide bonds. The van der Waals surface area contributed by atoms with E-state index in [1.807, 2.05) is 6.92 Å². The molecule has 0 aromatic carbocycles. The molecular weight excluding hydrogens is 188 g/mol. The van der Waals surface area contributed by atoms with E-state index in [1.54, 1.807) is 6.92 Å². The van der Waals surface area contributed by atoms with Crippen LogP contribution in [0.5, 0.6) is 0 Å². The van der Waals surface area contributed by atoms with Gasteiger partial charge in [-0.3, -0.25) is 0 Å². The topological polar surface area (TPSA) is 67.9 Å². The molecule has 6 nitrogen and oxygen atoms in total. The molecule has 0 aromatic heterocycles. The molecular formula is C8H12N2O4. The molecule has 2 fully saturated rings. The van der Waals surface area contributed by atoms with Crippen molar-refractivity contribution in [1.82, 2.24) is 10.4 Å². The van der Waals surface area contributed by atoms with Gasteiger partial charge >= 0.3 is 11.9 Å². The van der Waals surface area contributed by atoms with Gasteiger partial charge in [-0.2, -0.15) is 0 Å². The molecule has 1 N–H and O–H groups in total. The first-order valence-electron chi connectivity index (χ1n) is 4.47. The smallest absolute Gasteiger partial charge is 0.431 e. The maximum absolute atomic E-state index is 11.0. The Morgan fingerprint density at radius 1 is 1.50 bits per heavy atom. The Hall–Kier alpha value is -1.14. The zero-order valence-corrected chi connectivity index (χ0v) is 8.07. The lowest BCUT2D eigenvalue weighted by Crippen LogP contribution is -2.67. The van der Waals surface area contributed by atoms with Crippen LogP contribution in [-0.4, -0.2) is 41.9 Å². The predicted molar refractivity (Wildman–Crippen MR) is 44.8 cm³/mol. The molecule has 78 valence electrons. The number of carbonyl (C=O) groups excluding carboxylic acids is 2. The number of carbonyl (C=O) groups is 2. The Balaban J connectivity index is 2.18. The molecule has 2 saturated heterocycles. The van der Waals surface area contributed by atoms with Crippen molar-refractivity contribution >= 4 is 11.9 Å². The Labute approximate surface area is 81.1 Å². The molecule has 0 spiro atoms. The Morgan fingerprint density at radius 2 is 2.21 bits per heavy atom. The molecule has 2 unspecified atom stereocenters. The first-order chi connectivity index (χ1) is 6.51. The van der Waals surface area contributed by atoms with E-state index in [4.69, 9.17) is 9.57 Å². The quantitative estimate of drug-likeness (QED) is 0.400. The number of fused-ring (bicyclic) bond motifs is 1. The average molecular weight is 200 g/mol. The lowest BCUT2D eigenvalue weighted by Gasteiger charge is -2.46. The van der Waals surface area contributed by atoms with Gasteiger partial charge in [0, 0.05) is 6.04 Å². The van der Waals surface area contributed by atoms with Gasteiger partial charge in [-0.15, -0.1) is 0 Å². The lowest BCUT2D eigenvalue weighted by molar-refractivity contribution is -0.310. The second-order valence-corrected chi connectivity index (χ2v) is 3.79. The normalized spacial score (nSPS) is 38.6. The highest BCUT2D eigenvalue weighted by molar-refractivity contribution is 6.30. The predicted octanol–water partition coefficient (Wildman–Crippen LogP) is -0.989. The molecule has 2 aliphatic heterocycles. The third-order valence-corrected chi connectivity index (χ3v) is 2.42. The van der Waals surface area contributed by atoms with Gasteiger partial charge in [0.25, 0.3) is 0 Å². The molecule has 0 saturated carbocycles. The molecule has 0 bridgehead atoms. The number of ether oxygens (including phenoxy) is 1. The third-order valence-electron chi connectivity index (χ3n) is 2.42. The number of rotatable bonds is 0. The monoisotopic (exact) mass is 200 g/mol. The highest BCUT2D eigenvalue weighted by Crippen LogP contribution is 2.25. The highest BCUT2D eigenvalue weighted by atomic mass is 16.8. The maximum atomic E-state index is 11.0. The van der Waals surface area contributed by atoms with Crippen molar-refractivity contribution in [1.29, 1.82) is 0 Å². The van der Waals surface area contributed by atoms with Crippen LogP contribution >= 0.6 is 0 Å². The van der Waals surface area contributed by atoms with Crippen LogP contribution in [-0.2, 0) is 19.2 Å². The van der Waals surface area contributed by atoms with Crippen molar-refractivity contribution in [3.05, 3.63) is 0 Å². The number of esters is 1. The molecule has 6 heteroatoms. The molecule has 2 atom stereocenters. The minimum absolute atomic E-state index is 0.202. The number of hydrogen-bond donors (Lipinski definition) is 1. The van der Waals surface area contributed by atoms with Crippen molar-refractivity contribution in [2.24, 2.45) is 0 Å². The fourth-order valence-electron chi connectivity index (χ4n) is 1.56. The third kappa shape index (κ3) is 1.36. The standard InChI is InChI=1S/C8H12N2O4/c1-5-3-10-8(2,4-9-5)13-6(11)7(12)14-10/h5,9H,3-4H2,1-2H3. The van der Waals surface area contributed by atoms with E-state index in [2.05, 4.69) is 5.32 Å². The van der Waals surface area contributed by atoms with Crippen LogP contribution in [0.2, 0.25) is 0 Å². The van der Waals surface area contributed by atoms with Crippen LogP contribution in [0.1, 0.15) is 13.8 Å². The second-order valence-electron chi connectivity index (χ2n) is 3.79. The number of nitrogens with one attached hydrogen (secondary N) is 1. The van der Waals surface area contributed by atoms with Gasteiger partial charge in [0.2, 0.25) is 5.72 Å². The summed E-state index contributed by atoms with van der Waals surface area (Å²) < 4.78 is 4.99. The fourth-order valence-corrected chi connectivity index (χ4v) is 1.56. The first-order valence-corrected chi connectivity index (χ1v) is 4.47. The van der Waals surface area contributed by atoms with Gasteiger partial charge in [0.15, 0.2) is 0 Å². The Morgan fingerprint density at radius 3 is 2.93 bits per heavy atom. The van der Waals surface area contributed by atoms with Crippen LogP contribution in [0.4, 0.5) is 0 Å². The first kappa shape index (κ1) is 9.42. The van der Waals surface area contributed by atoms with Crippen LogP contribution in [0.3, 0.4) is 0 Å². The van der Waals surface area contributed by atoms with Crippen LogP contribution in [0.15, 0.2) is 0 Å². The van der Waals surface area contributed by atoms with Crippen LogP contribution in [0.25, 0.3) is 0 Å². The second kappa shape index (κ2) is 2.93. The van der Waals surface area contributed by atoms with Gasteiger partial charge in [0.05, 0.1) is 13.1 Å². The molecule has 2 heterocycles. The largest absolute Gasteiger partial charge is 0.436 e. The highest BCUT2D eigenvalue weighted by Gasteiger charge is 2.48. The molecule has 2 aliphatic rings. The van der Waals surface area contributed by atoms with E-state index < -0.39 is 17.7 Å². The average Bonchev–Trinajstić information content (AvgIpc) is 2.10. The van der Waals surface area contributed by atoms with Crippen molar-refractivity contribution in [3.63, 3.8) is 0 Å². The van der Waals surface area contributed by atoms with Crippen molar-refractivity contribution in [3.8, 4) is 0 Å². The van der Waals surface area contributed by atoms with E-state index in [1.165, 1.54) is 5.06 Å².